The van der Waals surface area contributed by atoms with Crippen LogP contribution in [0.1, 0.15) is 29.2 Å². The molecule has 0 saturated carbocycles. The highest BCUT2D eigenvalue weighted by Gasteiger charge is 2.34. The zero-order valence-corrected chi connectivity index (χ0v) is 22.4. The smallest absolute Gasteiger partial charge is 0.270 e. The lowest BCUT2D eigenvalue weighted by Gasteiger charge is -2.17. The molecule has 0 unspecified atom stereocenters. The number of halogens is 1. The molecule has 0 radical (unpaired) electrons. The van der Waals surface area contributed by atoms with Gasteiger partial charge in [0.05, 0.1) is 21.7 Å². The molecule has 4 nitrogen and oxygen atoms in total. The lowest BCUT2D eigenvalue weighted by molar-refractivity contribution is -0.113. The number of rotatable bonds is 7. The molecule has 174 valence electrons. The van der Waals surface area contributed by atoms with E-state index in [4.69, 9.17) is 21.7 Å². The van der Waals surface area contributed by atoms with Gasteiger partial charge in [0, 0.05) is 0 Å². The van der Waals surface area contributed by atoms with E-state index < -0.39 is 0 Å². The number of aryl methyl sites for hydroxylation is 2. The SMILES string of the molecule is CCOc1cc(/C=C2\SC(=S)N(c3ccc(C)cc3C)C2=O)cc(Br)c1OCc1ccccc1. The third-order valence-corrected chi connectivity index (χ3v) is 7.13. The Hall–Kier alpha value is -2.61. The van der Waals surface area contributed by atoms with Gasteiger partial charge in [0.1, 0.15) is 6.61 Å². The zero-order valence-electron chi connectivity index (χ0n) is 19.1. The molecule has 1 amide bonds. The Bertz CT molecular complexity index is 1270. The molecule has 0 aliphatic carbocycles. The molecule has 4 rings (SSSR count). The Kier molecular flexibility index (Phi) is 7.76. The Morgan fingerprint density at radius 1 is 1.06 bits per heavy atom. The Balaban J connectivity index is 1.62. The van der Waals surface area contributed by atoms with E-state index in [-0.39, 0.29) is 5.91 Å². The summed E-state index contributed by atoms with van der Waals surface area (Å²) in [5.41, 5.74) is 4.86. The molecule has 3 aromatic rings. The van der Waals surface area contributed by atoms with Crippen LogP contribution >= 0.6 is 39.9 Å². The highest BCUT2D eigenvalue weighted by molar-refractivity contribution is 9.10. The lowest BCUT2D eigenvalue weighted by atomic mass is 10.1. The summed E-state index contributed by atoms with van der Waals surface area (Å²) in [5.74, 6) is 1.12. The number of carbonyl (C=O) groups is 1. The molecular formula is C27H24BrNO3S2. The van der Waals surface area contributed by atoms with Gasteiger partial charge in [-0.1, -0.05) is 72.0 Å². The first-order valence-corrected chi connectivity index (χ1v) is 12.9. The number of amides is 1. The molecule has 1 saturated heterocycles. The van der Waals surface area contributed by atoms with Crippen molar-refractivity contribution in [2.75, 3.05) is 11.5 Å². The molecule has 34 heavy (non-hydrogen) atoms. The highest BCUT2D eigenvalue weighted by Crippen LogP contribution is 2.41. The van der Waals surface area contributed by atoms with Gasteiger partial charge >= 0.3 is 0 Å². The number of hydrogen-bond donors (Lipinski definition) is 0. The minimum absolute atomic E-state index is 0.125. The fourth-order valence-corrected chi connectivity index (χ4v) is 5.55. The number of nitrogens with zero attached hydrogens (tertiary/aromatic N) is 1. The second-order valence-corrected chi connectivity index (χ2v) is 10.4. The van der Waals surface area contributed by atoms with Gasteiger partial charge in [-0.3, -0.25) is 9.69 Å². The van der Waals surface area contributed by atoms with Crippen LogP contribution in [-0.2, 0) is 11.4 Å². The van der Waals surface area contributed by atoms with Gasteiger partial charge in [-0.05, 0) is 77.7 Å². The van der Waals surface area contributed by atoms with Crippen molar-refractivity contribution in [3.8, 4) is 11.5 Å². The van der Waals surface area contributed by atoms with Crippen LogP contribution in [-0.4, -0.2) is 16.8 Å². The minimum atomic E-state index is -0.125. The minimum Gasteiger partial charge on any atom is -0.490 e. The predicted octanol–water partition coefficient (Wildman–Crippen LogP) is 7.45. The molecular weight excluding hydrogens is 530 g/mol. The molecule has 1 aliphatic rings. The number of carbonyl (C=O) groups excluding carboxylic acids is 1. The standard InChI is InChI=1S/C27H24BrNO3S2/c1-4-31-23-14-20(13-21(28)25(23)32-16-19-8-6-5-7-9-19)15-24-26(30)29(27(33)34-24)22-11-10-17(2)12-18(22)3/h5-15H,4,16H2,1-3H3/b24-15-. The van der Waals surface area contributed by atoms with Gasteiger partial charge in [0.2, 0.25) is 0 Å². The van der Waals surface area contributed by atoms with Gasteiger partial charge in [0.15, 0.2) is 15.8 Å². The molecule has 1 heterocycles. The topological polar surface area (TPSA) is 38.8 Å². The van der Waals surface area contributed by atoms with E-state index in [1.54, 1.807) is 4.90 Å². The van der Waals surface area contributed by atoms with Gasteiger partial charge in [0.25, 0.3) is 5.91 Å². The first-order chi connectivity index (χ1) is 16.4. The second-order valence-electron chi connectivity index (χ2n) is 7.84. The Labute approximate surface area is 218 Å². The summed E-state index contributed by atoms with van der Waals surface area (Å²) >= 11 is 10.5. The molecule has 3 aromatic carbocycles. The molecule has 0 aromatic heterocycles. The summed E-state index contributed by atoms with van der Waals surface area (Å²) in [5, 5.41) is 0. The van der Waals surface area contributed by atoms with E-state index in [0.717, 1.165) is 32.4 Å². The first kappa shape index (κ1) is 24.5. The number of ether oxygens (including phenoxy) is 2. The van der Waals surface area contributed by atoms with Gasteiger partial charge in [-0.2, -0.15) is 0 Å². The third-order valence-electron chi connectivity index (χ3n) is 5.24. The number of benzene rings is 3. The van der Waals surface area contributed by atoms with E-state index in [1.165, 1.54) is 11.8 Å². The monoisotopic (exact) mass is 553 g/mol. The van der Waals surface area contributed by atoms with Crippen LogP contribution < -0.4 is 14.4 Å². The van der Waals surface area contributed by atoms with Crippen LogP contribution in [0.2, 0.25) is 0 Å². The predicted molar refractivity (Wildman–Crippen MR) is 148 cm³/mol. The van der Waals surface area contributed by atoms with Crippen molar-refractivity contribution in [2.24, 2.45) is 0 Å². The van der Waals surface area contributed by atoms with Crippen LogP contribution in [0, 0.1) is 13.8 Å². The molecule has 0 N–H and O–H groups in total. The summed E-state index contributed by atoms with van der Waals surface area (Å²) in [6.45, 7) is 6.86. The summed E-state index contributed by atoms with van der Waals surface area (Å²) in [6.07, 6.45) is 1.84. The van der Waals surface area contributed by atoms with Gasteiger partial charge in [-0.15, -0.1) is 0 Å². The molecule has 1 fully saturated rings. The van der Waals surface area contributed by atoms with Crippen molar-refractivity contribution in [1.29, 1.82) is 0 Å². The maximum Gasteiger partial charge on any atom is 0.270 e. The molecule has 0 atom stereocenters. The summed E-state index contributed by atoms with van der Waals surface area (Å²) < 4.78 is 13.2. The molecule has 7 heteroatoms. The summed E-state index contributed by atoms with van der Waals surface area (Å²) in [7, 11) is 0. The maximum atomic E-state index is 13.3. The highest BCUT2D eigenvalue weighted by atomic mass is 79.9. The lowest BCUT2D eigenvalue weighted by Crippen LogP contribution is -2.28. The third kappa shape index (κ3) is 5.37. The quantitative estimate of drug-likeness (QED) is 0.224. The number of anilines is 1. The fourth-order valence-electron chi connectivity index (χ4n) is 3.69. The van der Waals surface area contributed by atoms with Gasteiger partial charge < -0.3 is 9.47 Å². The molecule has 0 spiro atoms. The van der Waals surface area contributed by atoms with Crippen molar-refractivity contribution >= 4 is 61.9 Å². The average Bonchev–Trinajstić information content (AvgIpc) is 3.07. The second kappa shape index (κ2) is 10.8. The van der Waals surface area contributed by atoms with Crippen LogP contribution in [0.15, 0.2) is 70.0 Å². The maximum absolute atomic E-state index is 13.3. The fraction of sp³-hybridized carbons (Fsp3) is 0.185. The Morgan fingerprint density at radius 2 is 1.82 bits per heavy atom. The van der Waals surface area contributed by atoms with Crippen LogP contribution in [0.3, 0.4) is 0 Å². The van der Waals surface area contributed by atoms with Crippen molar-refractivity contribution in [3.63, 3.8) is 0 Å². The van der Waals surface area contributed by atoms with Crippen molar-refractivity contribution in [1.82, 2.24) is 0 Å². The van der Waals surface area contributed by atoms with E-state index >= 15 is 0 Å². The first-order valence-electron chi connectivity index (χ1n) is 10.9. The summed E-state index contributed by atoms with van der Waals surface area (Å²) in [4.78, 5) is 15.4. The van der Waals surface area contributed by atoms with Gasteiger partial charge in [-0.25, -0.2) is 0 Å². The Morgan fingerprint density at radius 3 is 2.53 bits per heavy atom. The largest absolute Gasteiger partial charge is 0.490 e. The molecule has 1 aliphatic heterocycles. The molecule has 0 bridgehead atoms. The normalized spacial score (nSPS) is 14.7. The van der Waals surface area contributed by atoms with E-state index in [2.05, 4.69) is 22.0 Å². The van der Waals surface area contributed by atoms with Crippen molar-refractivity contribution < 1.29 is 14.3 Å². The average molecular weight is 555 g/mol. The van der Waals surface area contributed by atoms with Crippen LogP contribution in [0.5, 0.6) is 11.5 Å². The number of hydrogen-bond acceptors (Lipinski definition) is 5. The zero-order chi connectivity index (χ0) is 24.2. The summed E-state index contributed by atoms with van der Waals surface area (Å²) in [6, 6.07) is 19.8. The number of thiocarbonyl (C=S) groups is 1. The van der Waals surface area contributed by atoms with E-state index in [0.29, 0.717) is 33.9 Å². The van der Waals surface area contributed by atoms with E-state index in [9.17, 15) is 4.79 Å². The van der Waals surface area contributed by atoms with Crippen LogP contribution in [0.4, 0.5) is 5.69 Å². The van der Waals surface area contributed by atoms with Crippen molar-refractivity contribution in [3.05, 3.63) is 92.3 Å². The van der Waals surface area contributed by atoms with Crippen molar-refractivity contribution in [2.45, 2.75) is 27.4 Å². The van der Waals surface area contributed by atoms with Crippen LogP contribution in [0.25, 0.3) is 6.08 Å². The number of thioether (sulfide) groups is 1. The van der Waals surface area contributed by atoms with E-state index in [1.807, 2.05) is 81.4 Å².